The van der Waals surface area contributed by atoms with Gasteiger partial charge in [-0.25, -0.2) is 4.39 Å². The van der Waals surface area contributed by atoms with Crippen LogP contribution in [0.1, 0.15) is 5.56 Å². The zero-order chi connectivity index (χ0) is 15.5. The Kier molecular flexibility index (Phi) is 3.98. The van der Waals surface area contributed by atoms with Gasteiger partial charge < -0.3 is 10.1 Å². The molecule has 2 aromatic carbocycles. The minimum absolute atomic E-state index is 0.0306. The quantitative estimate of drug-likeness (QED) is 0.857. The molecule has 0 unspecified atom stereocenters. The van der Waals surface area contributed by atoms with E-state index in [1.165, 1.54) is 30.3 Å². The maximum atomic E-state index is 13.5. The second-order valence-electron chi connectivity index (χ2n) is 3.94. The van der Waals surface area contributed by atoms with Crippen molar-refractivity contribution in [2.24, 2.45) is 0 Å². The first-order valence-corrected chi connectivity index (χ1v) is 5.71. The highest BCUT2D eigenvalue weighted by atomic mass is 19.4. The first kappa shape index (κ1) is 14.7. The second-order valence-corrected chi connectivity index (χ2v) is 3.94. The normalized spacial score (nSPS) is 10.8. The first-order valence-electron chi connectivity index (χ1n) is 5.71. The van der Waals surface area contributed by atoms with Gasteiger partial charge in [0.2, 0.25) is 0 Å². The van der Waals surface area contributed by atoms with Gasteiger partial charge in [-0.2, -0.15) is 5.26 Å². The number of halogens is 4. The van der Waals surface area contributed by atoms with Crippen LogP contribution in [0.4, 0.5) is 28.9 Å². The van der Waals surface area contributed by atoms with Crippen LogP contribution in [0.5, 0.6) is 5.75 Å². The van der Waals surface area contributed by atoms with Gasteiger partial charge in [0, 0.05) is 0 Å². The molecule has 0 aliphatic heterocycles. The lowest BCUT2D eigenvalue weighted by molar-refractivity contribution is -0.274. The fraction of sp³-hybridized carbons (Fsp3) is 0.0714. The minimum Gasteiger partial charge on any atom is -0.404 e. The molecule has 0 saturated heterocycles. The molecule has 2 rings (SSSR count). The summed E-state index contributed by atoms with van der Waals surface area (Å²) in [5, 5.41) is 11.5. The zero-order valence-electron chi connectivity index (χ0n) is 10.4. The maximum Gasteiger partial charge on any atom is 0.573 e. The molecule has 0 atom stereocenters. The van der Waals surface area contributed by atoms with E-state index in [0.29, 0.717) is 0 Å². The van der Waals surface area contributed by atoms with E-state index in [-0.39, 0.29) is 16.9 Å². The Labute approximate surface area is 117 Å². The number of hydrogen-bond acceptors (Lipinski definition) is 3. The third-order valence-corrected chi connectivity index (χ3v) is 2.51. The lowest BCUT2D eigenvalue weighted by Gasteiger charge is -2.15. The van der Waals surface area contributed by atoms with Crippen LogP contribution in [0.2, 0.25) is 0 Å². The van der Waals surface area contributed by atoms with Crippen molar-refractivity contribution >= 4 is 11.4 Å². The molecular weight excluding hydrogens is 288 g/mol. The molecule has 108 valence electrons. The number of alkyl halides is 3. The molecule has 0 aromatic heterocycles. The highest BCUT2D eigenvalue weighted by Gasteiger charge is 2.32. The predicted molar refractivity (Wildman–Crippen MR) is 67.5 cm³/mol. The van der Waals surface area contributed by atoms with E-state index < -0.39 is 17.9 Å². The van der Waals surface area contributed by atoms with Crippen molar-refractivity contribution in [1.29, 1.82) is 5.26 Å². The number of para-hydroxylation sites is 2. The number of hydrogen-bond donors (Lipinski definition) is 1. The summed E-state index contributed by atoms with van der Waals surface area (Å²) in [5.41, 5.74) is -0.271. The highest BCUT2D eigenvalue weighted by Crippen LogP contribution is 2.33. The van der Waals surface area contributed by atoms with Crippen LogP contribution >= 0.6 is 0 Å². The van der Waals surface area contributed by atoms with Crippen LogP contribution in [-0.2, 0) is 0 Å². The standard InChI is InChI=1S/C14H8F4N2O/c15-10-4-3-6-11(9(10)8-19)20-12-5-1-2-7-13(12)21-14(16,17)18/h1-7,20H. The average molecular weight is 296 g/mol. The van der Waals surface area contributed by atoms with Gasteiger partial charge in [-0.1, -0.05) is 18.2 Å². The Balaban J connectivity index is 2.37. The molecular formula is C14H8F4N2O. The summed E-state index contributed by atoms with van der Waals surface area (Å²) in [7, 11) is 0. The molecule has 0 bridgehead atoms. The summed E-state index contributed by atoms with van der Waals surface area (Å²) in [6.45, 7) is 0. The number of anilines is 2. The van der Waals surface area contributed by atoms with Crippen molar-refractivity contribution in [3.63, 3.8) is 0 Å². The molecule has 0 saturated carbocycles. The molecule has 3 nitrogen and oxygen atoms in total. The van der Waals surface area contributed by atoms with E-state index in [9.17, 15) is 17.6 Å². The summed E-state index contributed by atoms with van der Waals surface area (Å²) in [6.07, 6.45) is -4.85. The van der Waals surface area contributed by atoms with E-state index in [1.807, 2.05) is 0 Å². The molecule has 1 N–H and O–H groups in total. The van der Waals surface area contributed by atoms with E-state index in [4.69, 9.17) is 5.26 Å². The topological polar surface area (TPSA) is 45.0 Å². The zero-order valence-corrected chi connectivity index (χ0v) is 10.4. The summed E-state index contributed by atoms with van der Waals surface area (Å²) in [5.74, 6) is -1.24. The van der Waals surface area contributed by atoms with Crippen molar-refractivity contribution in [2.45, 2.75) is 6.36 Å². The maximum absolute atomic E-state index is 13.5. The Morgan fingerprint density at radius 2 is 1.67 bits per heavy atom. The average Bonchev–Trinajstić information content (AvgIpc) is 2.40. The number of nitrogens with one attached hydrogen (secondary N) is 1. The van der Waals surface area contributed by atoms with Crippen LogP contribution in [0.25, 0.3) is 0 Å². The first-order chi connectivity index (χ1) is 9.90. The fourth-order valence-electron chi connectivity index (χ4n) is 1.67. The van der Waals surface area contributed by atoms with Crippen LogP contribution < -0.4 is 10.1 Å². The smallest absolute Gasteiger partial charge is 0.404 e. The van der Waals surface area contributed by atoms with Crippen molar-refractivity contribution in [1.82, 2.24) is 0 Å². The van der Waals surface area contributed by atoms with Gasteiger partial charge in [0.05, 0.1) is 11.4 Å². The lowest BCUT2D eigenvalue weighted by Crippen LogP contribution is -2.17. The molecule has 0 aliphatic carbocycles. The summed E-state index contributed by atoms with van der Waals surface area (Å²) in [4.78, 5) is 0. The Bertz CT molecular complexity index is 692. The van der Waals surface area contributed by atoms with Gasteiger partial charge in [0.1, 0.15) is 17.4 Å². The molecule has 0 aliphatic rings. The number of nitrogens with zero attached hydrogens (tertiary/aromatic N) is 1. The van der Waals surface area contributed by atoms with Crippen molar-refractivity contribution in [3.05, 3.63) is 53.8 Å². The Hall–Kier alpha value is -2.75. The van der Waals surface area contributed by atoms with Gasteiger partial charge in [0.25, 0.3) is 0 Å². The van der Waals surface area contributed by atoms with Gasteiger partial charge in [-0.05, 0) is 24.3 Å². The van der Waals surface area contributed by atoms with E-state index >= 15 is 0 Å². The molecule has 0 fully saturated rings. The van der Waals surface area contributed by atoms with Crippen LogP contribution in [-0.4, -0.2) is 6.36 Å². The second kappa shape index (κ2) is 5.71. The molecule has 0 radical (unpaired) electrons. The number of ether oxygens (including phenoxy) is 1. The third-order valence-electron chi connectivity index (χ3n) is 2.51. The van der Waals surface area contributed by atoms with Gasteiger partial charge in [0.15, 0.2) is 5.75 Å². The molecule has 21 heavy (non-hydrogen) atoms. The van der Waals surface area contributed by atoms with Crippen LogP contribution in [0.3, 0.4) is 0 Å². The lowest BCUT2D eigenvalue weighted by atomic mass is 10.1. The Morgan fingerprint density at radius 1 is 1.00 bits per heavy atom. The van der Waals surface area contributed by atoms with Crippen molar-refractivity contribution < 1.29 is 22.3 Å². The van der Waals surface area contributed by atoms with Gasteiger partial charge in [-0.3, -0.25) is 0 Å². The SMILES string of the molecule is N#Cc1c(F)cccc1Nc1ccccc1OC(F)(F)F. The Morgan fingerprint density at radius 3 is 2.33 bits per heavy atom. The minimum atomic E-state index is -4.85. The van der Waals surface area contributed by atoms with Crippen LogP contribution in [0, 0.1) is 17.1 Å². The summed E-state index contributed by atoms with van der Waals surface area (Å²) < 4.78 is 54.2. The van der Waals surface area contributed by atoms with Gasteiger partial charge in [-0.15, -0.1) is 13.2 Å². The summed E-state index contributed by atoms with van der Waals surface area (Å²) >= 11 is 0. The van der Waals surface area contributed by atoms with Crippen molar-refractivity contribution in [2.75, 3.05) is 5.32 Å². The summed E-state index contributed by atoms with van der Waals surface area (Å²) in [6, 6.07) is 10.7. The molecule has 7 heteroatoms. The molecule has 2 aromatic rings. The monoisotopic (exact) mass is 296 g/mol. The predicted octanol–water partition coefficient (Wildman–Crippen LogP) is 4.34. The van der Waals surface area contributed by atoms with E-state index in [1.54, 1.807) is 6.07 Å². The number of rotatable bonds is 3. The van der Waals surface area contributed by atoms with E-state index in [2.05, 4.69) is 10.1 Å². The number of nitriles is 1. The highest BCUT2D eigenvalue weighted by molar-refractivity contribution is 5.70. The van der Waals surface area contributed by atoms with Gasteiger partial charge >= 0.3 is 6.36 Å². The molecule has 0 spiro atoms. The van der Waals surface area contributed by atoms with Crippen LogP contribution in [0.15, 0.2) is 42.5 Å². The largest absolute Gasteiger partial charge is 0.573 e. The van der Waals surface area contributed by atoms with Crippen molar-refractivity contribution in [3.8, 4) is 11.8 Å². The molecule has 0 heterocycles. The number of benzene rings is 2. The molecule has 0 amide bonds. The van der Waals surface area contributed by atoms with E-state index in [0.717, 1.165) is 12.1 Å². The third kappa shape index (κ3) is 3.63. The fourth-order valence-corrected chi connectivity index (χ4v) is 1.67.